The molecule has 1 aromatic carbocycles. The number of hydrogen-bond donors (Lipinski definition) is 1. The van der Waals surface area contributed by atoms with Gasteiger partial charge in [-0.1, -0.05) is 18.2 Å². The van der Waals surface area contributed by atoms with E-state index in [2.05, 4.69) is 34.7 Å². The highest BCUT2D eigenvalue weighted by atomic mass is 32.2. The number of thioether (sulfide) groups is 1. The van der Waals surface area contributed by atoms with Crippen LogP contribution in [0.25, 0.3) is 6.08 Å². The summed E-state index contributed by atoms with van der Waals surface area (Å²) in [7, 11) is 0. The van der Waals surface area contributed by atoms with Crippen molar-refractivity contribution < 1.29 is 4.79 Å². The summed E-state index contributed by atoms with van der Waals surface area (Å²) in [4.78, 5) is 14.7. The fourth-order valence-electron chi connectivity index (χ4n) is 2.89. The fourth-order valence-corrected chi connectivity index (χ4v) is 4.11. The molecule has 2 aromatic heterocycles. The Hall–Kier alpha value is -2.31. The van der Waals surface area contributed by atoms with Gasteiger partial charge in [-0.25, -0.2) is 0 Å². The first-order valence-corrected chi connectivity index (χ1v) is 10.8. The van der Waals surface area contributed by atoms with Crippen molar-refractivity contribution in [2.75, 3.05) is 12.8 Å². The van der Waals surface area contributed by atoms with E-state index in [4.69, 9.17) is 0 Å². The number of carbonyl (C=O) groups is 1. The van der Waals surface area contributed by atoms with Gasteiger partial charge in [0.1, 0.15) is 6.04 Å². The molecule has 1 atom stereocenters. The number of benzene rings is 1. The van der Waals surface area contributed by atoms with Crippen molar-refractivity contribution in [3.63, 3.8) is 0 Å². The van der Waals surface area contributed by atoms with Crippen molar-refractivity contribution in [3.05, 3.63) is 75.7 Å². The van der Waals surface area contributed by atoms with Gasteiger partial charge < -0.3 is 5.32 Å². The quantitative estimate of drug-likeness (QED) is 0.464. The van der Waals surface area contributed by atoms with Crippen LogP contribution in [0, 0.1) is 13.8 Å². The minimum absolute atomic E-state index is 0.00286. The van der Waals surface area contributed by atoms with E-state index in [1.807, 2.05) is 54.4 Å². The van der Waals surface area contributed by atoms with Crippen molar-refractivity contribution in [2.24, 2.45) is 0 Å². The third-order valence-electron chi connectivity index (χ3n) is 4.22. The van der Waals surface area contributed by atoms with Crippen LogP contribution in [0.5, 0.6) is 0 Å². The van der Waals surface area contributed by atoms with Gasteiger partial charge in [0, 0.05) is 28.1 Å². The third-order valence-corrected chi connectivity index (χ3v) is 5.94. The van der Waals surface area contributed by atoms with Gasteiger partial charge in [0.2, 0.25) is 5.91 Å². The molecule has 2 heterocycles. The van der Waals surface area contributed by atoms with Crippen molar-refractivity contribution in [1.29, 1.82) is 0 Å². The Morgan fingerprint density at radius 3 is 2.67 bits per heavy atom. The highest BCUT2D eigenvalue weighted by Gasteiger charge is 2.18. The van der Waals surface area contributed by atoms with Crippen molar-refractivity contribution in [3.8, 4) is 0 Å². The number of thiophene rings is 1. The SMILES string of the molecule is CSc1ccc(/C=C/C(=O)NCC(c2cccs2)n2nc(C)cc2C)cc1. The maximum Gasteiger partial charge on any atom is 0.244 e. The topological polar surface area (TPSA) is 46.9 Å². The molecule has 1 amide bonds. The van der Waals surface area contributed by atoms with E-state index in [-0.39, 0.29) is 11.9 Å². The lowest BCUT2D eigenvalue weighted by atomic mass is 10.2. The number of carbonyl (C=O) groups excluding carboxylic acids is 1. The Balaban J connectivity index is 1.67. The van der Waals surface area contributed by atoms with Crippen LogP contribution in [0.15, 0.2) is 58.8 Å². The molecule has 0 fully saturated rings. The number of rotatable bonds is 7. The van der Waals surface area contributed by atoms with Gasteiger partial charge in [0.25, 0.3) is 0 Å². The highest BCUT2D eigenvalue weighted by molar-refractivity contribution is 7.98. The number of nitrogens with one attached hydrogen (secondary N) is 1. The second-order valence-corrected chi connectivity index (χ2v) is 8.11. The van der Waals surface area contributed by atoms with Crippen LogP contribution in [0.3, 0.4) is 0 Å². The molecule has 1 N–H and O–H groups in total. The van der Waals surface area contributed by atoms with Gasteiger partial charge in [-0.15, -0.1) is 23.1 Å². The molecular weight excluding hydrogens is 374 g/mol. The van der Waals surface area contributed by atoms with Crippen molar-refractivity contribution in [1.82, 2.24) is 15.1 Å². The van der Waals surface area contributed by atoms with Gasteiger partial charge >= 0.3 is 0 Å². The molecule has 27 heavy (non-hydrogen) atoms. The predicted molar refractivity (Wildman–Crippen MR) is 114 cm³/mol. The number of nitrogens with zero attached hydrogens (tertiary/aromatic N) is 2. The van der Waals surface area contributed by atoms with Crippen LogP contribution in [-0.2, 0) is 4.79 Å². The number of aromatic nitrogens is 2. The van der Waals surface area contributed by atoms with Gasteiger partial charge in [0.15, 0.2) is 0 Å². The molecular formula is C21H23N3OS2. The predicted octanol–water partition coefficient (Wildman–Crippen LogP) is 4.70. The second-order valence-electron chi connectivity index (χ2n) is 6.25. The van der Waals surface area contributed by atoms with Crippen LogP contribution in [0.4, 0.5) is 0 Å². The van der Waals surface area contributed by atoms with Crippen LogP contribution in [0.2, 0.25) is 0 Å². The average Bonchev–Trinajstić information content (AvgIpc) is 3.31. The molecule has 3 aromatic rings. The lowest BCUT2D eigenvalue weighted by molar-refractivity contribution is -0.116. The summed E-state index contributed by atoms with van der Waals surface area (Å²) in [5.41, 5.74) is 3.08. The molecule has 1 unspecified atom stereocenters. The molecule has 0 radical (unpaired) electrons. The van der Waals surface area contributed by atoms with E-state index >= 15 is 0 Å². The van der Waals surface area contributed by atoms with Crippen LogP contribution in [0.1, 0.15) is 27.9 Å². The van der Waals surface area contributed by atoms with E-state index in [1.54, 1.807) is 29.2 Å². The van der Waals surface area contributed by atoms with Crippen LogP contribution >= 0.6 is 23.1 Å². The summed E-state index contributed by atoms with van der Waals surface area (Å²) in [5.74, 6) is -0.105. The lowest BCUT2D eigenvalue weighted by Crippen LogP contribution is -2.30. The Kier molecular flexibility index (Phi) is 6.53. The molecule has 0 bridgehead atoms. The second kappa shape index (κ2) is 9.06. The van der Waals surface area contributed by atoms with Crippen molar-refractivity contribution >= 4 is 35.1 Å². The average molecular weight is 398 g/mol. The van der Waals surface area contributed by atoms with E-state index in [0.717, 1.165) is 17.0 Å². The van der Waals surface area contributed by atoms with Crippen LogP contribution in [-0.4, -0.2) is 28.5 Å². The molecule has 140 valence electrons. The van der Waals surface area contributed by atoms with Gasteiger partial charge in [-0.3, -0.25) is 9.48 Å². The van der Waals surface area contributed by atoms with E-state index in [9.17, 15) is 4.79 Å². The maximum atomic E-state index is 12.3. The zero-order valence-electron chi connectivity index (χ0n) is 15.7. The molecule has 3 rings (SSSR count). The first kappa shape index (κ1) is 19.5. The zero-order chi connectivity index (χ0) is 19.2. The lowest BCUT2D eigenvalue weighted by Gasteiger charge is -2.18. The highest BCUT2D eigenvalue weighted by Crippen LogP contribution is 2.24. The minimum Gasteiger partial charge on any atom is -0.350 e. The van der Waals surface area contributed by atoms with Gasteiger partial charge in [0.05, 0.1) is 5.69 Å². The smallest absolute Gasteiger partial charge is 0.244 e. The first-order chi connectivity index (χ1) is 13.1. The summed E-state index contributed by atoms with van der Waals surface area (Å²) in [5, 5.41) is 9.67. The Morgan fingerprint density at radius 2 is 2.07 bits per heavy atom. The molecule has 0 aliphatic heterocycles. The van der Waals surface area contributed by atoms with E-state index in [0.29, 0.717) is 6.54 Å². The summed E-state index contributed by atoms with van der Waals surface area (Å²) in [6.45, 7) is 4.52. The largest absolute Gasteiger partial charge is 0.350 e. The third kappa shape index (κ3) is 5.11. The molecule has 0 spiro atoms. The van der Waals surface area contributed by atoms with Crippen LogP contribution < -0.4 is 5.32 Å². The first-order valence-electron chi connectivity index (χ1n) is 8.73. The Morgan fingerprint density at radius 1 is 1.30 bits per heavy atom. The summed E-state index contributed by atoms with van der Waals surface area (Å²) in [6, 6.07) is 14.3. The number of amides is 1. The Labute approximate surface area is 168 Å². The molecule has 4 nitrogen and oxygen atoms in total. The standard InChI is InChI=1S/C21H23N3OS2/c1-15-13-16(2)24(23-15)19(20-5-4-12-27-20)14-22-21(25)11-8-17-6-9-18(26-3)10-7-17/h4-13,19H,14H2,1-3H3,(H,22,25)/b11-8+. The number of aryl methyl sites for hydroxylation is 2. The summed E-state index contributed by atoms with van der Waals surface area (Å²) in [6.07, 6.45) is 5.47. The molecule has 0 saturated carbocycles. The number of hydrogen-bond acceptors (Lipinski definition) is 4. The molecule has 0 aliphatic rings. The molecule has 0 saturated heterocycles. The van der Waals surface area contributed by atoms with Gasteiger partial charge in [-0.2, -0.15) is 5.10 Å². The Bertz CT molecular complexity index is 912. The minimum atomic E-state index is -0.105. The van der Waals surface area contributed by atoms with E-state index in [1.165, 1.54) is 9.77 Å². The maximum absolute atomic E-state index is 12.3. The van der Waals surface area contributed by atoms with Crippen molar-refractivity contribution in [2.45, 2.75) is 24.8 Å². The fraction of sp³-hybridized carbons (Fsp3) is 0.238. The monoisotopic (exact) mass is 397 g/mol. The van der Waals surface area contributed by atoms with Gasteiger partial charge in [-0.05, 0) is 61.4 Å². The normalized spacial score (nSPS) is 12.4. The van der Waals surface area contributed by atoms with E-state index < -0.39 is 0 Å². The molecule has 0 aliphatic carbocycles. The molecule has 6 heteroatoms. The summed E-state index contributed by atoms with van der Waals surface area (Å²) >= 11 is 3.38. The summed E-state index contributed by atoms with van der Waals surface area (Å²) < 4.78 is 1.99. The zero-order valence-corrected chi connectivity index (χ0v) is 17.3.